The van der Waals surface area contributed by atoms with Crippen LogP contribution in [0.15, 0.2) is 30.5 Å². The quantitative estimate of drug-likeness (QED) is 0.245. The van der Waals surface area contributed by atoms with Crippen LogP contribution in [0.4, 0.5) is 11.6 Å². The topological polar surface area (TPSA) is 219 Å². The minimum absolute atomic E-state index is 0. The first-order valence-corrected chi connectivity index (χ1v) is 9.26. The second-order valence-electron chi connectivity index (χ2n) is 6.63. The summed E-state index contributed by atoms with van der Waals surface area (Å²) in [5, 5.41) is 36.8. The minimum atomic E-state index is -1.40. The van der Waals surface area contributed by atoms with Gasteiger partial charge in [-0.1, -0.05) is 0 Å². The largest absolute Gasteiger partial charge is 2.00 e. The van der Waals surface area contributed by atoms with Gasteiger partial charge in [-0.3, -0.25) is 4.79 Å². The van der Waals surface area contributed by atoms with E-state index in [1.807, 2.05) is 0 Å². The normalized spacial score (nSPS) is 11.3. The number of fused-ring (bicyclic) bond motifs is 1. The number of carboxylic acids is 2. The van der Waals surface area contributed by atoms with Gasteiger partial charge in [0.05, 0.1) is 18.4 Å². The summed E-state index contributed by atoms with van der Waals surface area (Å²) < 4.78 is 0. The van der Waals surface area contributed by atoms with Crippen molar-refractivity contribution in [2.75, 3.05) is 11.1 Å². The van der Waals surface area contributed by atoms with Gasteiger partial charge in [-0.25, -0.2) is 19.7 Å². The molecule has 0 aliphatic rings. The van der Waals surface area contributed by atoms with E-state index in [1.165, 1.54) is 18.3 Å². The number of anilines is 2. The van der Waals surface area contributed by atoms with Gasteiger partial charge in [0, 0.05) is 23.1 Å². The number of carboxylic acid groups (broad SMARTS) is 2. The molecule has 0 spiro atoms. The summed E-state index contributed by atoms with van der Waals surface area (Å²) in [7, 11) is 0. The second-order valence-corrected chi connectivity index (χ2v) is 6.63. The number of amides is 1. The number of rotatable bonds is 9. The van der Waals surface area contributed by atoms with E-state index in [2.05, 4.69) is 30.6 Å². The summed E-state index contributed by atoms with van der Waals surface area (Å²) >= 11 is 0. The van der Waals surface area contributed by atoms with Gasteiger partial charge in [-0.05, 0) is 37.1 Å². The Hall–Kier alpha value is -3.29. The van der Waals surface area contributed by atoms with Crippen molar-refractivity contribution >= 4 is 78.4 Å². The summed E-state index contributed by atoms with van der Waals surface area (Å²) in [6.45, 7) is 0.211. The molecular weight excluding hydrogens is 462 g/mol. The number of nitrogens with two attached hydrogens (primary N) is 1. The Morgan fingerprint density at radius 2 is 1.82 bits per heavy atom. The Balaban J connectivity index is 0.00000385. The standard InChI is InChI=1S/C19H19N7O6.Ca/c20-19-25-15-14(17(30)26-19)23-11(8-22-15)7-21-10-3-1-9(2-4-10)16(29)24-12(18(31)32)5-6-13(27)28;/h1-4,8,12,21H,5-7H2,(H,24,29)(H,27,28)(H,31,32)(H3,20,22,25,26,30);/q;+2/p-2/t12-;/m0./s1. The van der Waals surface area contributed by atoms with E-state index >= 15 is 0 Å². The van der Waals surface area contributed by atoms with E-state index in [9.17, 15) is 24.6 Å². The Morgan fingerprint density at radius 1 is 1.12 bits per heavy atom. The van der Waals surface area contributed by atoms with Gasteiger partial charge in [0.25, 0.3) is 5.91 Å². The molecule has 0 aliphatic heterocycles. The van der Waals surface area contributed by atoms with Gasteiger partial charge in [0.1, 0.15) is 11.6 Å². The van der Waals surface area contributed by atoms with Crippen molar-refractivity contribution in [2.45, 2.75) is 25.4 Å². The number of carbonyl (C=O) groups excluding carboxylic acids is 2. The maximum atomic E-state index is 12.2. The molecule has 33 heavy (non-hydrogen) atoms. The number of aromatic nitrogens is 4. The number of hydrogen-bond acceptors (Lipinski definition) is 11. The molecular formula is C19H17CaN7O6. The zero-order chi connectivity index (χ0) is 23.3. The van der Waals surface area contributed by atoms with Crippen LogP contribution in [-0.4, -0.2) is 86.7 Å². The fourth-order valence-electron chi connectivity index (χ4n) is 2.71. The molecule has 14 heteroatoms. The number of nitrogens with zero attached hydrogens (tertiary/aromatic N) is 4. The minimum Gasteiger partial charge on any atom is -0.857 e. The van der Waals surface area contributed by atoms with E-state index in [0.717, 1.165) is 0 Å². The predicted octanol–water partition coefficient (Wildman–Crippen LogP) is -1.98. The Bertz CT molecular complexity index is 1180. The first-order valence-electron chi connectivity index (χ1n) is 9.26. The van der Waals surface area contributed by atoms with Crippen LogP contribution < -0.4 is 26.6 Å². The molecule has 13 nitrogen and oxygen atoms in total. The fraction of sp³-hybridized carbons (Fsp3) is 0.211. The maximum absolute atomic E-state index is 12.2. The average molecular weight is 479 g/mol. The summed E-state index contributed by atoms with van der Waals surface area (Å²) in [5.41, 5.74) is 6.76. The van der Waals surface area contributed by atoms with Gasteiger partial charge < -0.3 is 36.5 Å². The molecule has 1 aromatic carbocycles. The van der Waals surface area contributed by atoms with Crippen LogP contribution in [-0.2, 0) is 16.1 Å². The van der Waals surface area contributed by atoms with Gasteiger partial charge in [-0.15, -0.1) is 0 Å². The molecule has 3 rings (SSSR count). The molecule has 0 unspecified atom stereocenters. The number of hydrogen-bond donors (Lipinski definition) is 4. The molecule has 2 aromatic heterocycles. The van der Waals surface area contributed by atoms with E-state index in [4.69, 9.17) is 10.8 Å². The van der Waals surface area contributed by atoms with Gasteiger partial charge in [0.2, 0.25) is 5.95 Å². The maximum Gasteiger partial charge on any atom is 2.00 e. The Morgan fingerprint density at radius 3 is 2.45 bits per heavy atom. The van der Waals surface area contributed by atoms with Crippen LogP contribution >= 0.6 is 0 Å². The summed E-state index contributed by atoms with van der Waals surface area (Å²) in [6, 6.07) is 4.75. The molecule has 0 saturated carbocycles. The number of nitrogens with one attached hydrogen (secondary N) is 2. The predicted molar refractivity (Wildman–Crippen MR) is 112 cm³/mol. The first-order chi connectivity index (χ1) is 15.2. The monoisotopic (exact) mass is 479 g/mol. The van der Waals surface area contributed by atoms with Crippen molar-refractivity contribution in [1.29, 1.82) is 0 Å². The van der Waals surface area contributed by atoms with E-state index in [0.29, 0.717) is 11.4 Å². The molecule has 2 heterocycles. The van der Waals surface area contributed by atoms with E-state index in [-0.39, 0.29) is 73.4 Å². The first kappa shape index (κ1) is 26.0. The summed E-state index contributed by atoms with van der Waals surface area (Å²) in [5.74, 6) is -4.22. The van der Waals surface area contributed by atoms with Crippen molar-refractivity contribution in [3.05, 3.63) is 41.7 Å². The number of benzene rings is 1. The van der Waals surface area contributed by atoms with Crippen LogP contribution in [0.2, 0.25) is 0 Å². The molecule has 0 fully saturated rings. The molecule has 1 atom stereocenters. The summed E-state index contributed by atoms with van der Waals surface area (Å²) in [6.07, 6.45) is 0.644. The van der Waals surface area contributed by atoms with E-state index < -0.39 is 36.2 Å². The molecule has 0 radical (unpaired) electrons. The van der Waals surface area contributed by atoms with Crippen molar-refractivity contribution in [3.63, 3.8) is 0 Å². The van der Waals surface area contributed by atoms with Crippen molar-refractivity contribution < 1.29 is 29.7 Å². The molecule has 0 bridgehead atoms. The van der Waals surface area contributed by atoms with Gasteiger partial charge in [-0.2, -0.15) is 4.98 Å². The third-order valence-electron chi connectivity index (χ3n) is 4.30. The second kappa shape index (κ2) is 11.5. The smallest absolute Gasteiger partial charge is 0.857 e. The third kappa shape index (κ3) is 7.10. The number of carbonyl (C=O) groups is 3. The zero-order valence-electron chi connectivity index (χ0n) is 17.1. The van der Waals surface area contributed by atoms with Crippen LogP contribution in [0.5, 0.6) is 5.88 Å². The fourth-order valence-corrected chi connectivity index (χ4v) is 2.71. The molecule has 0 saturated heterocycles. The summed E-state index contributed by atoms with van der Waals surface area (Å²) in [4.78, 5) is 49.5. The Labute approximate surface area is 216 Å². The molecule has 5 N–H and O–H groups in total. The van der Waals surface area contributed by atoms with Crippen LogP contribution in [0.3, 0.4) is 0 Å². The average Bonchev–Trinajstić information content (AvgIpc) is 2.75. The molecule has 166 valence electrons. The van der Waals surface area contributed by atoms with Crippen LogP contribution in [0.25, 0.3) is 11.2 Å². The third-order valence-corrected chi connectivity index (χ3v) is 4.30. The van der Waals surface area contributed by atoms with Crippen LogP contribution in [0, 0.1) is 0 Å². The van der Waals surface area contributed by atoms with Crippen molar-refractivity contribution in [2.24, 2.45) is 0 Å². The van der Waals surface area contributed by atoms with Gasteiger partial charge in [0.15, 0.2) is 5.65 Å². The van der Waals surface area contributed by atoms with Crippen molar-refractivity contribution in [3.8, 4) is 5.88 Å². The zero-order valence-corrected chi connectivity index (χ0v) is 19.4. The number of aliphatic carboxylic acids is 2. The van der Waals surface area contributed by atoms with Gasteiger partial charge >= 0.3 is 43.7 Å². The van der Waals surface area contributed by atoms with E-state index in [1.54, 1.807) is 12.1 Å². The molecule has 0 aliphatic carbocycles. The molecule has 3 aromatic rings. The number of nitrogen functional groups attached to an aromatic ring is 1. The Kier molecular flexibility index (Phi) is 9.08. The molecule has 1 amide bonds. The van der Waals surface area contributed by atoms with Crippen molar-refractivity contribution in [1.82, 2.24) is 25.3 Å². The SMILES string of the molecule is Nc1nc([O-])c2nc(CNc3ccc(C(=O)N[C@@H](CCC(=O)[O-])C(=O)O)cc3)cnc2n1.[Ca+2]. The van der Waals surface area contributed by atoms with Crippen LogP contribution in [0.1, 0.15) is 28.9 Å².